The molecule has 1 heterocycles. The standard InChI is InChI=1S/C10H12BrNO.ClH/c11-9-3-1-2-8(6-9)10-7-13-5-4-12-10;/h1-3,6,10,12H,4-5,7H2;1H/t10-;/m1./s1. The third-order valence-corrected chi connectivity index (χ3v) is 2.67. The second kappa shape index (κ2) is 5.71. The lowest BCUT2D eigenvalue weighted by Gasteiger charge is -2.24. The molecule has 1 saturated heterocycles. The molecule has 2 rings (SSSR count). The minimum Gasteiger partial charge on any atom is -0.378 e. The van der Waals surface area contributed by atoms with Gasteiger partial charge in [-0.25, -0.2) is 0 Å². The molecule has 1 aliphatic rings. The molecule has 1 aromatic rings. The Hall–Kier alpha value is -0.0900. The molecule has 0 aromatic heterocycles. The van der Waals surface area contributed by atoms with Crippen molar-refractivity contribution in [3.8, 4) is 0 Å². The van der Waals surface area contributed by atoms with Crippen molar-refractivity contribution in [2.24, 2.45) is 0 Å². The number of hydrogen-bond donors (Lipinski definition) is 1. The Balaban J connectivity index is 0.000000980. The normalized spacial score (nSPS) is 21.4. The Morgan fingerprint density at radius 1 is 1.43 bits per heavy atom. The van der Waals surface area contributed by atoms with Crippen molar-refractivity contribution in [3.05, 3.63) is 34.3 Å². The first-order valence-electron chi connectivity index (χ1n) is 4.43. The maximum atomic E-state index is 5.40. The molecular weight excluding hydrogens is 265 g/mol. The second-order valence-electron chi connectivity index (χ2n) is 3.14. The fraction of sp³-hybridized carbons (Fsp3) is 0.400. The van der Waals surface area contributed by atoms with Crippen LogP contribution in [0.2, 0.25) is 0 Å². The third-order valence-electron chi connectivity index (χ3n) is 2.17. The van der Waals surface area contributed by atoms with Gasteiger partial charge in [-0.15, -0.1) is 12.4 Å². The molecule has 1 N–H and O–H groups in total. The van der Waals surface area contributed by atoms with Crippen LogP contribution in [-0.2, 0) is 4.74 Å². The van der Waals surface area contributed by atoms with Crippen LogP contribution in [0.3, 0.4) is 0 Å². The van der Waals surface area contributed by atoms with Crippen molar-refractivity contribution in [2.75, 3.05) is 19.8 Å². The summed E-state index contributed by atoms with van der Waals surface area (Å²) < 4.78 is 6.52. The number of ether oxygens (including phenoxy) is 1. The first-order chi connectivity index (χ1) is 6.36. The lowest BCUT2D eigenvalue weighted by atomic mass is 10.1. The topological polar surface area (TPSA) is 21.3 Å². The summed E-state index contributed by atoms with van der Waals surface area (Å²) in [5.74, 6) is 0. The lowest BCUT2D eigenvalue weighted by Crippen LogP contribution is -2.34. The average Bonchev–Trinajstić information content (AvgIpc) is 2.19. The molecule has 1 fully saturated rings. The van der Waals surface area contributed by atoms with Gasteiger partial charge in [0.05, 0.1) is 19.3 Å². The van der Waals surface area contributed by atoms with Crippen LogP contribution in [0.4, 0.5) is 0 Å². The fourth-order valence-corrected chi connectivity index (χ4v) is 1.92. The number of hydrogen-bond acceptors (Lipinski definition) is 2. The summed E-state index contributed by atoms with van der Waals surface area (Å²) in [6.07, 6.45) is 0. The van der Waals surface area contributed by atoms with E-state index >= 15 is 0 Å². The summed E-state index contributed by atoms with van der Waals surface area (Å²) in [6.45, 7) is 2.54. The minimum atomic E-state index is 0. The molecule has 0 saturated carbocycles. The van der Waals surface area contributed by atoms with Gasteiger partial charge >= 0.3 is 0 Å². The number of morpholine rings is 1. The van der Waals surface area contributed by atoms with Crippen molar-refractivity contribution in [2.45, 2.75) is 6.04 Å². The van der Waals surface area contributed by atoms with E-state index in [-0.39, 0.29) is 12.4 Å². The number of rotatable bonds is 1. The summed E-state index contributed by atoms with van der Waals surface area (Å²) in [5, 5.41) is 3.42. The molecule has 0 unspecified atom stereocenters. The van der Waals surface area contributed by atoms with Crippen LogP contribution in [0.1, 0.15) is 11.6 Å². The molecule has 2 nitrogen and oxygen atoms in total. The molecule has 1 aromatic carbocycles. The summed E-state index contributed by atoms with van der Waals surface area (Å²) in [7, 11) is 0. The Morgan fingerprint density at radius 3 is 2.93 bits per heavy atom. The van der Waals surface area contributed by atoms with Crippen molar-refractivity contribution < 1.29 is 4.74 Å². The zero-order valence-electron chi connectivity index (χ0n) is 7.70. The monoisotopic (exact) mass is 277 g/mol. The van der Waals surface area contributed by atoms with Crippen LogP contribution in [0.5, 0.6) is 0 Å². The quantitative estimate of drug-likeness (QED) is 0.852. The summed E-state index contributed by atoms with van der Waals surface area (Å²) >= 11 is 3.46. The summed E-state index contributed by atoms with van der Waals surface area (Å²) in [6, 6.07) is 8.69. The molecule has 4 heteroatoms. The van der Waals surface area contributed by atoms with Gasteiger partial charge in [-0.1, -0.05) is 28.1 Å². The van der Waals surface area contributed by atoms with Crippen molar-refractivity contribution in [1.82, 2.24) is 5.32 Å². The summed E-state index contributed by atoms with van der Waals surface area (Å²) in [5.41, 5.74) is 1.29. The van der Waals surface area contributed by atoms with Crippen molar-refractivity contribution in [1.29, 1.82) is 0 Å². The highest BCUT2D eigenvalue weighted by Gasteiger charge is 2.14. The van der Waals surface area contributed by atoms with Gasteiger partial charge in [0.1, 0.15) is 0 Å². The number of benzene rings is 1. The Kier molecular flexibility index (Phi) is 4.89. The van der Waals surface area contributed by atoms with Crippen LogP contribution in [0, 0.1) is 0 Å². The van der Waals surface area contributed by atoms with Crippen molar-refractivity contribution in [3.63, 3.8) is 0 Å². The molecule has 0 radical (unpaired) electrons. The van der Waals surface area contributed by atoms with Crippen LogP contribution >= 0.6 is 28.3 Å². The third kappa shape index (κ3) is 2.95. The molecule has 0 amide bonds. The molecule has 1 aliphatic heterocycles. The van der Waals surface area contributed by atoms with E-state index in [1.165, 1.54) is 5.56 Å². The van der Waals surface area contributed by atoms with E-state index in [1.807, 2.05) is 6.07 Å². The zero-order valence-corrected chi connectivity index (χ0v) is 10.1. The molecule has 0 spiro atoms. The predicted octanol–water partition coefficient (Wildman–Crippen LogP) is 2.53. The Labute approximate surface area is 98.6 Å². The highest BCUT2D eigenvalue weighted by molar-refractivity contribution is 9.10. The summed E-state index contributed by atoms with van der Waals surface area (Å²) in [4.78, 5) is 0. The van der Waals surface area contributed by atoms with Gasteiger partial charge in [0.15, 0.2) is 0 Å². The molecule has 0 aliphatic carbocycles. The fourth-order valence-electron chi connectivity index (χ4n) is 1.50. The number of nitrogens with one attached hydrogen (secondary N) is 1. The van der Waals surface area contributed by atoms with E-state index in [9.17, 15) is 0 Å². The van der Waals surface area contributed by atoms with Crippen LogP contribution in [0.25, 0.3) is 0 Å². The van der Waals surface area contributed by atoms with Crippen LogP contribution in [0.15, 0.2) is 28.7 Å². The van der Waals surface area contributed by atoms with Gasteiger partial charge in [0.2, 0.25) is 0 Å². The first-order valence-corrected chi connectivity index (χ1v) is 5.22. The highest BCUT2D eigenvalue weighted by Crippen LogP contribution is 2.19. The first kappa shape index (κ1) is 12.0. The van der Waals surface area contributed by atoms with E-state index in [0.717, 1.165) is 24.2 Å². The lowest BCUT2D eigenvalue weighted by molar-refractivity contribution is 0.0769. The molecule has 78 valence electrons. The molecule has 1 atom stereocenters. The molecule has 0 bridgehead atoms. The molecular formula is C10H13BrClNO. The zero-order chi connectivity index (χ0) is 9.10. The Morgan fingerprint density at radius 2 is 2.29 bits per heavy atom. The van der Waals surface area contributed by atoms with Crippen LogP contribution < -0.4 is 5.32 Å². The SMILES string of the molecule is Brc1cccc([C@H]2COCCN2)c1.Cl. The van der Waals surface area contributed by atoms with Gasteiger partial charge in [0.25, 0.3) is 0 Å². The van der Waals surface area contributed by atoms with E-state index in [1.54, 1.807) is 0 Å². The number of halogens is 2. The maximum absolute atomic E-state index is 5.40. The smallest absolute Gasteiger partial charge is 0.0662 e. The predicted molar refractivity (Wildman–Crippen MR) is 63.0 cm³/mol. The maximum Gasteiger partial charge on any atom is 0.0662 e. The second-order valence-corrected chi connectivity index (χ2v) is 4.05. The van der Waals surface area contributed by atoms with Gasteiger partial charge < -0.3 is 10.1 Å². The van der Waals surface area contributed by atoms with Gasteiger partial charge in [-0.2, -0.15) is 0 Å². The Bertz CT molecular complexity index is 289. The molecule has 14 heavy (non-hydrogen) atoms. The van der Waals surface area contributed by atoms with E-state index in [2.05, 4.69) is 39.4 Å². The van der Waals surface area contributed by atoms with E-state index in [0.29, 0.717) is 6.04 Å². The van der Waals surface area contributed by atoms with E-state index in [4.69, 9.17) is 4.74 Å². The largest absolute Gasteiger partial charge is 0.378 e. The minimum absolute atomic E-state index is 0. The van der Waals surface area contributed by atoms with Crippen molar-refractivity contribution >= 4 is 28.3 Å². The average molecular weight is 279 g/mol. The van der Waals surface area contributed by atoms with Gasteiger partial charge in [-0.3, -0.25) is 0 Å². The van der Waals surface area contributed by atoms with Gasteiger partial charge in [0, 0.05) is 11.0 Å². The van der Waals surface area contributed by atoms with Gasteiger partial charge in [-0.05, 0) is 17.7 Å². The highest BCUT2D eigenvalue weighted by atomic mass is 79.9. The van der Waals surface area contributed by atoms with Crippen LogP contribution in [-0.4, -0.2) is 19.8 Å². The van der Waals surface area contributed by atoms with E-state index < -0.39 is 0 Å².